The fraction of sp³-hybridized carbons (Fsp3) is 0.536. The smallest absolute Gasteiger partial charge is 0.407 e. The summed E-state index contributed by atoms with van der Waals surface area (Å²) in [5, 5.41) is 2.79. The van der Waals surface area contributed by atoms with Crippen LogP contribution in [0.15, 0.2) is 48.5 Å². The Balaban J connectivity index is 0.000000425. The zero-order valence-electron chi connectivity index (χ0n) is 21.2. The van der Waals surface area contributed by atoms with Gasteiger partial charge in [0, 0.05) is 6.54 Å². The van der Waals surface area contributed by atoms with Gasteiger partial charge in [-0.3, -0.25) is 0 Å². The molecule has 2 aromatic carbocycles. The molecule has 0 bridgehead atoms. The number of hydrogen-bond donors (Lipinski definition) is 1. The second-order valence-electron chi connectivity index (χ2n) is 9.12. The Labute approximate surface area is 195 Å². The predicted molar refractivity (Wildman–Crippen MR) is 134 cm³/mol. The number of nitrogens with one attached hydrogen (secondary N) is 1. The Morgan fingerprint density at radius 2 is 1.47 bits per heavy atom. The number of rotatable bonds is 9. The first kappa shape index (κ1) is 27.5. The highest BCUT2D eigenvalue weighted by atomic mass is 16.6. The molecule has 32 heavy (non-hydrogen) atoms. The Morgan fingerprint density at radius 1 is 0.906 bits per heavy atom. The molecule has 0 aliphatic carbocycles. The van der Waals surface area contributed by atoms with Crippen molar-refractivity contribution in [3.8, 4) is 5.75 Å². The molecule has 0 saturated carbocycles. The molecule has 0 spiro atoms. The molecule has 4 heteroatoms. The van der Waals surface area contributed by atoms with Crippen LogP contribution in [0.3, 0.4) is 0 Å². The van der Waals surface area contributed by atoms with Gasteiger partial charge in [0.2, 0.25) is 0 Å². The lowest BCUT2D eigenvalue weighted by molar-refractivity contribution is 0.0523. The Hall–Kier alpha value is -2.49. The van der Waals surface area contributed by atoms with Gasteiger partial charge in [-0.25, -0.2) is 4.79 Å². The van der Waals surface area contributed by atoms with Crippen molar-refractivity contribution in [1.29, 1.82) is 0 Å². The van der Waals surface area contributed by atoms with Crippen molar-refractivity contribution >= 4 is 6.09 Å². The van der Waals surface area contributed by atoms with Crippen LogP contribution in [0.4, 0.5) is 4.79 Å². The summed E-state index contributed by atoms with van der Waals surface area (Å²) in [5.74, 6) is 1.61. The number of carbonyl (C=O) groups is 1. The minimum atomic E-state index is -0.457. The number of alkyl carbamates (subject to hydrolysis) is 1. The Bertz CT molecular complexity index is 755. The molecular weight excluding hydrogens is 398 g/mol. The van der Waals surface area contributed by atoms with Crippen LogP contribution in [0.5, 0.6) is 5.75 Å². The van der Waals surface area contributed by atoms with E-state index < -0.39 is 5.60 Å². The van der Waals surface area contributed by atoms with Crippen LogP contribution in [-0.2, 0) is 11.3 Å². The molecule has 0 radical (unpaired) electrons. The summed E-state index contributed by atoms with van der Waals surface area (Å²) < 4.78 is 10.5. The standard InChI is InChI=1S/C19H31NO2.C9H12O/c1-6-8-16(9-7-2)17-12-10-15(11-13-17)14-20-18(21)22-19(3,4)5;1-3-10-9-6-4-8(2)5-7-9/h10-13,16H,6-9,14H2,1-5H3,(H,20,21);4-7H,3H2,1-2H3. The van der Waals surface area contributed by atoms with Crippen molar-refractivity contribution in [3.63, 3.8) is 0 Å². The van der Waals surface area contributed by atoms with E-state index in [0.29, 0.717) is 12.5 Å². The van der Waals surface area contributed by atoms with Crippen LogP contribution in [-0.4, -0.2) is 18.3 Å². The van der Waals surface area contributed by atoms with Gasteiger partial charge in [-0.2, -0.15) is 0 Å². The van der Waals surface area contributed by atoms with Gasteiger partial charge in [0.05, 0.1) is 6.61 Å². The highest BCUT2D eigenvalue weighted by molar-refractivity contribution is 5.67. The van der Waals surface area contributed by atoms with Crippen LogP contribution in [0, 0.1) is 6.92 Å². The van der Waals surface area contributed by atoms with Crippen LogP contribution >= 0.6 is 0 Å². The molecule has 0 fully saturated rings. The number of ether oxygens (including phenoxy) is 2. The molecule has 2 aromatic rings. The van der Waals surface area contributed by atoms with E-state index >= 15 is 0 Å². The lowest BCUT2D eigenvalue weighted by Crippen LogP contribution is -2.32. The molecule has 4 nitrogen and oxygen atoms in total. The largest absolute Gasteiger partial charge is 0.494 e. The van der Waals surface area contributed by atoms with Gasteiger partial charge in [0.1, 0.15) is 11.4 Å². The van der Waals surface area contributed by atoms with Gasteiger partial charge in [-0.15, -0.1) is 0 Å². The van der Waals surface area contributed by atoms with Crippen molar-refractivity contribution in [1.82, 2.24) is 5.32 Å². The third kappa shape index (κ3) is 11.8. The molecule has 0 unspecified atom stereocenters. The lowest BCUT2D eigenvalue weighted by atomic mass is 9.90. The average molecular weight is 442 g/mol. The number of hydrogen-bond acceptors (Lipinski definition) is 3. The number of carbonyl (C=O) groups excluding carboxylic acids is 1. The third-order valence-corrected chi connectivity index (χ3v) is 4.89. The van der Waals surface area contributed by atoms with E-state index in [2.05, 4.69) is 50.4 Å². The second kappa shape index (κ2) is 14.5. The molecule has 1 N–H and O–H groups in total. The topological polar surface area (TPSA) is 47.6 Å². The van der Waals surface area contributed by atoms with Gasteiger partial charge >= 0.3 is 6.09 Å². The molecule has 1 amide bonds. The molecule has 2 rings (SSSR count). The first-order valence-electron chi connectivity index (χ1n) is 11.9. The van der Waals surface area contributed by atoms with Crippen molar-refractivity contribution in [3.05, 3.63) is 65.2 Å². The summed E-state index contributed by atoms with van der Waals surface area (Å²) in [6, 6.07) is 16.7. The van der Waals surface area contributed by atoms with E-state index in [1.807, 2.05) is 52.0 Å². The van der Waals surface area contributed by atoms with E-state index in [9.17, 15) is 4.79 Å². The number of aryl methyl sites for hydroxylation is 1. The van der Waals surface area contributed by atoms with E-state index in [0.717, 1.165) is 17.9 Å². The van der Waals surface area contributed by atoms with Gasteiger partial charge < -0.3 is 14.8 Å². The quantitative estimate of drug-likeness (QED) is 0.432. The van der Waals surface area contributed by atoms with Crippen molar-refractivity contribution in [2.75, 3.05) is 6.61 Å². The normalized spacial score (nSPS) is 10.9. The predicted octanol–water partition coefficient (Wildman–Crippen LogP) is 7.79. The molecule has 0 heterocycles. The van der Waals surface area contributed by atoms with Crippen molar-refractivity contribution in [2.45, 2.75) is 92.2 Å². The summed E-state index contributed by atoms with van der Waals surface area (Å²) in [5.41, 5.74) is 3.32. The van der Waals surface area contributed by atoms with Crippen LogP contribution in [0.2, 0.25) is 0 Å². The number of amides is 1. The molecular formula is C28H43NO3. The SMILES string of the molecule is CCCC(CCC)c1ccc(CNC(=O)OC(C)(C)C)cc1.CCOc1ccc(C)cc1. The Morgan fingerprint density at radius 3 is 1.94 bits per heavy atom. The molecule has 178 valence electrons. The van der Waals surface area contributed by atoms with Crippen molar-refractivity contribution in [2.24, 2.45) is 0 Å². The van der Waals surface area contributed by atoms with Gasteiger partial charge in [0.25, 0.3) is 0 Å². The van der Waals surface area contributed by atoms with E-state index in [1.165, 1.54) is 36.8 Å². The molecule has 0 aromatic heterocycles. The summed E-state index contributed by atoms with van der Waals surface area (Å²) in [7, 11) is 0. The maximum Gasteiger partial charge on any atom is 0.407 e. The highest BCUT2D eigenvalue weighted by Crippen LogP contribution is 2.26. The first-order valence-corrected chi connectivity index (χ1v) is 11.9. The third-order valence-electron chi connectivity index (χ3n) is 4.89. The Kier molecular flexibility index (Phi) is 12.5. The molecule has 0 aliphatic heterocycles. The maximum absolute atomic E-state index is 11.6. The monoisotopic (exact) mass is 441 g/mol. The highest BCUT2D eigenvalue weighted by Gasteiger charge is 2.15. The lowest BCUT2D eigenvalue weighted by Gasteiger charge is -2.20. The molecule has 0 saturated heterocycles. The van der Waals surface area contributed by atoms with Gasteiger partial charge in [-0.1, -0.05) is 68.7 Å². The molecule has 0 atom stereocenters. The number of benzene rings is 2. The van der Waals surface area contributed by atoms with Crippen molar-refractivity contribution < 1.29 is 14.3 Å². The minimum Gasteiger partial charge on any atom is -0.494 e. The zero-order chi connectivity index (χ0) is 24.0. The van der Waals surface area contributed by atoms with E-state index in [1.54, 1.807) is 0 Å². The summed E-state index contributed by atoms with van der Waals surface area (Å²) >= 11 is 0. The first-order chi connectivity index (χ1) is 15.2. The van der Waals surface area contributed by atoms with Crippen LogP contribution < -0.4 is 10.1 Å². The summed E-state index contributed by atoms with van der Waals surface area (Å²) in [6.45, 7) is 15.4. The van der Waals surface area contributed by atoms with Gasteiger partial charge in [0.15, 0.2) is 0 Å². The minimum absolute atomic E-state index is 0.369. The van der Waals surface area contributed by atoms with E-state index in [-0.39, 0.29) is 6.09 Å². The van der Waals surface area contributed by atoms with Gasteiger partial charge in [-0.05, 0) is 76.6 Å². The summed E-state index contributed by atoms with van der Waals surface area (Å²) in [6.07, 6.45) is 4.54. The van der Waals surface area contributed by atoms with Crippen LogP contribution in [0.25, 0.3) is 0 Å². The average Bonchev–Trinajstić information content (AvgIpc) is 2.74. The van der Waals surface area contributed by atoms with E-state index in [4.69, 9.17) is 9.47 Å². The molecule has 0 aliphatic rings. The van der Waals surface area contributed by atoms with Crippen LogP contribution in [0.1, 0.15) is 89.8 Å². The zero-order valence-corrected chi connectivity index (χ0v) is 21.2. The fourth-order valence-electron chi connectivity index (χ4n) is 3.37. The fourth-order valence-corrected chi connectivity index (χ4v) is 3.37. The second-order valence-corrected chi connectivity index (χ2v) is 9.12. The maximum atomic E-state index is 11.6. The summed E-state index contributed by atoms with van der Waals surface area (Å²) in [4.78, 5) is 11.6.